The van der Waals surface area contributed by atoms with Crippen LogP contribution in [0.1, 0.15) is 15.9 Å². The van der Waals surface area contributed by atoms with E-state index in [1.165, 1.54) is 54.6 Å². The highest BCUT2D eigenvalue weighted by Gasteiger charge is 2.22. The summed E-state index contributed by atoms with van der Waals surface area (Å²) in [6.45, 7) is 1.09. The average Bonchev–Trinajstić information content (AvgIpc) is 3.07. The molecular formula is C32H26N6O11S2. The molecule has 5 N–H and O–H groups in total. The van der Waals surface area contributed by atoms with Crippen LogP contribution >= 0.6 is 0 Å². The number of aromatic hydroxyl groups is 3. The topological polar surface area (TPSA) is 270 Å². The van der Waals surface area contributed by atoms with E-state index in [1.54, 1.807) is 24.3 Å². The number of carboxylic acid groups (broad SMARTS) is 1. The number of carbonyl (C=O) groups is 1. The van der Waals surface area contributed by atoms with Gasteiger partial charge < -0.3 is 20.4 Å². The van der Waals surface area contributed by atoms with Crippen molar-refractivity contribution in [2.45, 2.75) is 11.8 Å². The van der Waals surface area contributed by atoms with Crippen molar-refractivity contribution in [2.24, 2.45) is 30.7 Å². The lowest BCUT2D eigenvalue weighted by Gasteiger charge is -2.08. The fraction of sp³-hybridized carbons (Fsp3) is 0.0938. The van der Waals surface area contributed by atoms with E-state index in [0.29, 0.717) is 16.5 Å². The van der Waals surface area contributed by atoms with Crippen LogP contribution in [0, 0.1) is 6.92 Å². The molecule has 0 unspecified atom stereocenters. The van der Waals surface area contributed by atoms with Crippen LogP contribution in [0.15, 0.2) is 121 Å². The Hall–Kier alpha value is -6.15. The highest BCUT2D eigenvalue weighted by Crippen LogP contribution is 2.47. The number of sulfone groups is 1. The Balaban J connectivity index is 1.43. The zero-order valence-electron chi connectivity index (χ0n) is 26.2. The second-order valence-electron chi connectivity index (χ2n) is 10.6. The summed E-state index contributed by atoms with van der Waals surface area (Å²) < 4.78 is 58.9. The van der Waals surface area contributed by atoms with Gasteiger partial charge in [-0.1, -0.05) is 17.7 Å². The molecule has 262 valence electrons. The van der Waals surface area contributed by atoms with Crippen LogP contribution in [-0.4, -0.2) is 60.1 Å². The summed E-state index contributed by atoms with van der Waals surface area (Å²) in [6, 6.07) is 20.1. The predicted octanol–water partition coefficient (Wildman–Crippen LogP) is 7.80. The predicted molar refractivity (Wildman–Crippen MR) is 182 cm³/mol. The Morgan fingerprint density at radius 2 is 1.25 bits per heavy atom. The van der Waals surface area contributed by atoms with Crippen LogP contribution < -0.4 is 0 Å². The van der Waals surface area contributed by atoms with Crippen molar-refractivity contribution in [3.05, 3.63) is 96.1 Å². The largest absolute Gasteiger partial charge is 0.508 e. The first-order chi connectivity index (χ1) is 24.1. The number of benzene rings is 5. The number of aromatic carboxylic acids is 1. The van der Waals surface area contributed by atoms with E-state index >= 15 is 0 Å². The molecule has 51 heavy (non-hydrogen) atoms. The number of fused-ring (bicyclic) bond motifs is 1. The Morgan fingerprint density at radius 3 is 1.88 bits per heavy atom. The highest BCUT2D eigenvalue weighted by atomic mass is 32.3. The van der Waals surface area contributed by atoms with E-state index in [-0.39, 0.29) is 27.7 Å². The molecule has 0 bridgehead atoms. The molecule has 0 aliphatic heterocycles. The molecule has 19 heteroatoms. The van der Waals surface area contributed by atoms with Gasteiger partial charge >= 0.3 is 16.4 Å². The van der Waals surface area contributed by atoms with Gasteiger partial charge in [-0.15, -0.1) is 20.5 Å². The SMILES string of the molecule is Cc1ccc(N=Nc2c(C(=O)O)cc(O)c(N=Nc3ccc(N=Nc4ccc(S(=O)(=O)CCOS(=O)(=O)O)cc4)c4cc(O)ccc34)c2O)cc1. The fourth-order valence-corrected chi connectivity index (χ4v) is 5.99. The first kappa shape index (κ1) is 36.1. The monoisotopic (exact) mass is 734 g/mol. The van der Waals surface area contributed by atoms with E-state index in [2.05, 4.69) is 34.9 Å². The molecule has 0 heterocycles. The zero-order chi connectivity index (χ0) is 36.9. The zero-order valence-corrected chi connectivity index (χ0v) is 27.8. The van der Waals surface area contributed by atoms with Gasteiger partial charge in [-0.3, -0.25) is 4.55 Å². The summed E-state index contributed by atoms with van der Waals surface area (Å²) >= 11 is 0. The van der Waals surface area contributed by atoms with Gasteiger partial charge in [0.25, 0.3) is 0 Å². The molecule has 0 aliphatic carbocycles. The van der Waals surface area contributed by atoms with Gasteiger partial charge in [-0.2, -0.15) is 18.6 Å². The summed E-state index contributed by atoms with van der Waals surface area (Å²) in [5.74, 6) is -3.80. The minimum Gasteiger partial charge on any atom is -0.508 e. The molecular weight excluding hydrogens is 709 g/mol. The molecule has 0 spiro atoms. The van der Waals surface area contributed by atoms with Crippen molar-refractivity contribution >= 4 is 71.1 Å². The van der Waals surface area contributed by atoms with Crippen LogP contribution in [0.5, 0.6) is 17.2 Å². The van der Waals surface area contributed by atoms with Crippen LogP contribution in [0.2, 0.25) is 0 Å². The van der Waals surface area contributed by atoms with Crippen molar-refractivity contribution in [1.82, 2.24) is 0 Å². The standard InChI is InChI=1S/C32H26N6O11S2/c1-18-2-4-19(5-3-18)34-37-29-25(32(42)43)17-28(40)30(31(29)41)38-36-26-12-13-27(24-16-21(39)8-11-23(24)26)35-33-20-6-9-22(10-7-20)50(44,45)15-14-49-51(46,47)48/h2-13,16-17,39-41H,14-15H2,1H3,(H,42,43)(H,46,47,48). The summed E-state index contributed by atoms with van der Waals surface area (Å²) in [4.78, 5) is 11.7. The highest BCUT2D eigenvalue weighted by molar-refractivity contribution is 7.91. The maximum Gasteiger partial charge on any atom is 0.397 e. The molecule has 0 saturated carbocycles. The number of carboxylic acids is 1. The molecule has 0 atom stereocenters. The van der Waals surface area contributed by atoms with E-state index < -0.39 is 67.0 Å². The van der Waals surface area contributed by atoms with Crippen LogP contribution in [0.25, 0.3) is 10.8 Å². The Bertz CT molecular complexity index is 2450. The van der Waals surface area contributed by atoms with Gasteiger partial charge in [0.05, 0.1) is 45.6 Å². The van der Waals surface area contributed by atoms with Crippen LogP contribution in [0.3, 0.4) is 0 Å². The van der Waals surface area contributed by atoms with Gasteiger partial charge in [-0.25, -0.2) is 17.4 Å². The molecule has 0 radical (unpaired) electrons. The molecule has 0 saturated heterocycles. The number of phenolic OH excluding ortho intramolecular Hbond substituents is 3. The number of hydrogen-bond donors (Lipinski definition) is 5. The maximum absolute atomic E-state index is 12.4. The lowest BCUT2D eigenvalue weighted by molar-refractivity contribution is 0.0696. The second-order valence-corrected chi connectivity index (χ2v) is 13.8. The Kier molecular flexibility index (Phi) is 10.5. The molecule has 0 aliphatic rings. The lowest BCUT2D eigenvalue weighted by atomic mass is 10.1. The minimum atomic E-state index is -4.79. The minimum absolute atomic E-state index is 0.122. The van der Waals surface area contributed by atoms with Gasteiger partial charge in [0.1, 0.15) is 17.2 Å². The summed E-state index contributed by atoms with van der Waals surface area (Å²) in [6.07, 6.45) is 0. The molecule has 5 rings (SSSR count). The molecule has 0 aromatic heterocycles. The molecule has 5 aromatic rings. The van der Waals surface area contributed by atoms with Crippen LogP contribution in [-0.2, 0) is 24.4 Å². The number of nitrogens with zero attached hydrogens (tertiary/aromatic N) is 6. The van der Waals surface area contributed by atoms with Crippen molar-refractivity contribution in [1.29, 1.82) is 0 Å². The van der Waals surface area contributed by atoms with E-state index in [9.17, 15) is 42.1 Å². The number of aryl methyl sites for hydroxylation is 1. The van der Waals surface area contributed by atoms with Crippen LogP contribution in [0.4, 0.5) is 34.1 Å². The van der Waals surface area contributed by atoms with E-state index in [1.807, 2.05) is 6.92 Å². The summed E-state index contributed by atoms with van der Waals surface area (Å²) in [5, 5.41) is 66.5. The van der Waals surface area contributed by atoms with Gasteiger partial charge in [0.15, 0.2) is 21.3 Å². The van der Waals surface area contributed by atoms with Gasteiger partial charge in [0, 0.05) is 10.8 Å². The average molecular weight is 735 g/mol. The quantitative estimate of drug-likeness (QED) is 0.0609. The van der Waals surface area contributed by atoms with Crippen molar-refractivity contribution < 1.29 is 50.8 Å². The smallest absolute Gasteiger partial charge is 0.397 e. The molecule has 5 aromatic carbocycles. The molecule has 0 amide bonds. The van der Waals surface area contributed by atoms with Gasteiger partial charge in [-0.05, 0) is 79.7 Å². The third-order valence-corrected chi connectivity index (χ3v) is 9.18. The third kappa shape index (κ3) is 8.91. The lowest BCUT2D eigenvalue weighted by Crippen LogP contribution is -2.15. The summed E-state index contributed by atoms with van der Waals surface area (Å²) in [7, 11) is -8.74. The Labute approximate surface area is 289 Å². The van der Waals surface area contributed by atoms with Crippen molar-refractivity contribution in [2.75, 3.05) is 12.4 Å². The summed E-state index contributed by atoms with van der Waals surface area (Å²) in [5.41, 5.74) is 0.564. The molecule has 0 fully saturated rings. The fourth-order valence-electron chi connectivity index (χ4n) is 4.50. The Morgan fingerprint density at radius 1 is 0.686 bits per heavy atom. The van der Waals surface area contributed by atoms with Crippen molar-refractivity contribution in [3.8, 4) is 17.2 Å². The number of azo groups is 3. The third-order valence-electron chi connectivity index (χ3n) is 7.02. The first-order valence-corrected chi connectivity index (χ1v) is 17.5. The first-order valence-electron chi connectivity index (χ1n) is 14.5. The van der Waals surface area contributed by atoms with E-state index in [0.717, 1.165) is 11.6 Å². The van der Waals surface area contributed by atoms with E-state index in [4.69, 9.17) is 4.55 Å². The van der Waals surface area contributed by atoms with Crippen molar-refractivity contribution in [3.63, 3.8) is 0 Å². The number of hydrogen-bond acceptors (Lipinski definition) is 15. The second kappa shape index (κ2) is 14.8. The number of phenols is 3. The maximum atomic E-state index is 12.4. The number of rotatable bonds is 12. The normalized spacial score (nSPS) is 12.4. The van der Waals surface area contributed by atoms with Gasteiger partial charge in [0.2, 0.25) is 0 Å². The molecule has 17 nitrogen and oxygen atoms in total.